The second-order valence-corrected chi connectivity index (χ2v) is 7.37. The lowest BCUT2D eigenvalue weighted by molar-refractivity contribution is 0.0270. The van der Waals surface area contributed by atoms with Crippen molar-refractivity contribution in [3.8, 4) is 17.0 Å². The summed E-state index contributed by atoms with van der Waals surface area (Å²) in [6.07, 6.45) is 4.15. The van der Waals surface area contributed by atoms with E-state index in [1.807, 2.05) is 57.2 Å². The number of rotatable bonds is 3. The van der Waals surface area contributed by atoms with Gasteiger partial charge >= 0.3 is 6.09 Å². The van der Waals surface area contributed by atoms with E-state index in [-0.39, 0.29) is 6.09 Å². The molecule has 1 aliphatic heterocycles. The maximum absolute atomic E-state index is 12.2. The molecule has 0 saturated carbocycles. The molecule has 0 aliphatic carbocycles. The zero-order valence-electron chi connectivity index (χ0n) is 16.2. The highest BCUT2D eigenvalue weighted by Crippen LogP contribution is 2.29. The molecule has 1 aromatic heterocycles. The van der Waals surface area contributed by atoms with Crippen LogP contribution in [0.2, 0.25) is 0 Å². The molecule has 2 heterocycles. The van der Waals surface area contributed by atoms with Crippen molar-refractivity contribution in [1.82, 2.24) is 14.9 Å². The molecule has 1 aromatic carbocycles. The van der Waals surface area contributed by atoms with Crippen LogP contribution in [-0.2, 0) is 4.74 Å². The Bertz CT molecular complexity index is 856. The third-order valence-electron chi connectivity index (χ3n) is 4.19. The van der Waals surface area contributed by atoms with Gasteiger partial charge in [-0.1, -0.05) is 18.2 Å². The van der Waals surface area contributed by atoms with Crippen molar-refractivity contribution >= 4 is 11.7 Å². The van der Waals surface area contributed by atoms with E-state index >= 15 is 0 Å². The molecule has 0 saturated heterocycles. The molecule has 0 fully saturated rings. The Kier molecular flexibility index (Phi) is 5.44. The summed E-state index contributed by atoms with van der Waals surface area (Å²) in [6.45, 7) is 6.68. The van der Waals surface area contributed by atoms with E-state index in [0.29, 0.717) is 25.3 Å². The number of carbonyl (C=O) groups is 1. The molecule has 0 spiro atoms. The molecule has 142 valence electrons. The summed E-state index contributed by atoms with van der Waals surface area (Å²) in [6, 6.07) is 9.65. The van der Waals surface area contributed by atoms with E-state index < -0.39 is 5.60 Å². The number of benzene rings is 1. The highest BCUT2D eigenvalue weighted by atomic mass is 16.6. The zero-order valence-corrected chi connectivity index (χ0v) is 16.2. The number of hydrogen-bond donors (Lipinski definition) is 0. The molecule has 6 heteroatoms. The fraction of sp³-hybridized carbons (Fsp3) is 0.381. The van der Waals surface area contributed by atoms with Gasteiger partial charge in [-0.2, -0.15) is 0 Å². The topological polar surface area (TPSA) is 64.5 Å². The third kappa shape index (κ3) is 4.64. The maximum Gasteiger partial charge on any atom is 0.410 e. The van der Waals surface area contributed by atoms with Gasteiger partial charge in [0.25, 0.3) is 0 Å². The van der Waals surface area contributed by atoms with E-state index in [2.05, 4.69) is 4.98 Å². The Hall–Kier alpha value is -2.89. The van der Waals surface area contributed by atoms with Gasteiger partial charge < -0.3 is 14.4 Å². The van der Waals surface area contributed by atoms with Gasteiger partial charge in [-0.3, -0.25) is 0 Å². The number of ether oxygens (including phenoxy) is 2. The van der Waals surface area contributed by atoms with Crippen molar-refractivity contribution in [2.24, 2.45) is 0 Å². The first-order valence-electron chi connectivity index (χ1n) is 9.01. The molecular formula is C21H25N3O3. The molecule has 2 aromatic rings. The molecule has 0 bridgehead atoms. The minimum Gasteiger partial charge on any atom is -0.496 e. The summed E-state index contributed by atoms with van der Waals surface area (Å²) >= 11 is 0. The molecule has 6 nitrogen and oxygen atoms in total. The molecule has 0 radical (unpaired) electrons. The predicted molar refractivity (Wildman–Crippen MR) is 104 cm³/mol. The summed E-state index contributed by atoms with van der Waals surface area (Å²) in [5.74, 6) is 1.46. The Balaban J connectivity index is 1.78. The lowest BCUT2D eigenvalue weighted by Gasteiger charge is -2.29. The molecule has 3 rings (SSSR count). The van der Waals surface area contributed by atoms with Crippen molar-refractivity contribution in [2.45, 2.75) is 32.8 Å². The van der Waals surface area contributed by atoms with E-state index in [0.717, 1.165) is 22.6 Å². The fourth-order valence-electron chi connectivity index (χ4n) is 2.88. The van der Waals surface area contributed by atoms with Gasteiger partial charge in [0, 0.05) is 24.8 Å². The molecular weight excluding hydrogens is 342 g/mol. The van der Waals surface area contributed by atoms with E-state index in [9.17, 15) is 4.79 Å². The standard InChI is InChI=1S/C21H25N3O3/c1-21(2,3)27-20(25)24-13-10-15(11-14-24)19-22-12-9-17(23-19)16-7-5-6-8-18(16)26-4/h5-10,12H,11,13-14H2,1-4H3. The summed E-state index contributed by atoms with van der Waals surface area (Å²) in [5, 5.41) is 0. The first-order chi connectivity index (χ1) is 12.9. The van der Waals surface area contributed by atoms with Crippen LogP contribution in [-0.4, -0.2) is 46.8 Å². The van der Waals surface area contributed by atoms with Crippen LogP contribution in [0, 0.1) is 0 Å². The number of carbonyl (C=O) groups excluding carboxylic acids is 1. The van der Waals surface area contributed by atoms with Crippen molar-refractivity contribution < 1.29 is 14.3 Å². The van der Waals surface area contributed by atoms with E-state index in [1.54, 1.807) is 18.2 Å². The third-order valence-corrected chi connectivity index (χ3v) is 4.19. The monoisotopic (exact) mass is 367 g/mol. The maximum atomic E-state index is 12.2. The van der Waals surface area contributed by atoms with Crippen LogP contribution >= 0.6 is 0 Å². The van der Waals surface area contributed by atoms with Gasteiger partial charge in [-0.15, -0.1) is 0 Å². The quantitative estimate of drug-likeness (QED) is 0.814. The van der Waals surface area contributed by atoms with Gasteiger partial charge in [0.15, 0.2) is 5.82 Å². The van der Waals surface area contributed by atoms with Crippen LogP contribution in [0.25, 0.3) is 16.8 Å². The highest BCUT2D eigenvalue weighted by Gasteiger charge is 2.24. The molecule has 0 atom stereocenters. The fourth-order valence-corrected chi connectivity index (χ4v) is 2.88. The highest BCUT2D eigenvalue weighted by molar-refractivity contribution is 5.72. The van der Waals surface area contributed by atoms with Gasteiger partial charge in [-0.25, -0.2) is 14.8 Å². The van der Waals surface area contributed by atoms with Crippen LogP contribution in [0.5, 0.6) is 5.75 Å². The van der Waals surface area contributed by atoms with Gasteiger partial charge in [0.1, 0.15) is 11.4 Å². The Morgan fingerprint density at radius 2 is 1.96 bits per heavy atom. The number of nitrogens with zero attached hydrogens (tertiary/aromatic N) is 3. The molecule has 27 heavy (non-hydrogen) atoms. The minimum absolute atomic E-state index is 0.290. The van der Waals surface area contributed by atoms with Crippen LogP contribution in [0.3, 0.4) is 0 Å². The first-order valence-corrected chi connectivity index (χ1v) is 9.01. The predicted octanol–water partition coefficient (Wildman–Crippen LogP) is 4.18. The van der Waals surface area contributed by atoms with E-state index in [4.69, 9.17) is 14.5 Å². The van der Waals surface area contributed by atoms with Gasteiger partial charge in [0.05, 0.1) is 12.8 Å². The SMILES string of the molecule is COc1ccccc1-c1ccnc(C2=CCN(C(=O)OC(C)(C)C)CC2)n1. The zero-order chi connectivity index (χ0) is 19.4. The Labute approximate surface area is 159 Å². The van der Waals surface area contributed by atoms with Crippen LogP contribution < -0.4 is 4.74 Å². The molecule has 0 unspecified atom stereocenters. The summed E-state index contributed by atoms with van der Waals surface area (Å²) in [7, 11) is 1.65. The molecule has 1 amide bonds. The van der Waals surface area contributed by atoms with Crippen LogP contribution in [0.15, 0.2) is 42.6 Å². The lowest BCUT2D eigenvalue weighted by atomic mass is 10.1. The largest absolute Gasteiger partial charge is 0.496 e. The second-order valence-electron chi connectivity index (χ2n) is 7.37. The summed E-state index contributed by atoms with van der Waals surface area (Å²) in [4.78, 5) is 23.0. The molecule has 0 N–H and O–H groups in total. The second kappa shape index (κ2) is 7.78. The summed E-state index contributed by atoms with van der Waals surface area (Å²) in [5.41, 5.74) is 2.28. The normalized spacial score (nSPS) is 14.5. The van der Waals surface area contributed by atoms with E-state index in [1.165, 1.54) is 0 Å². The van der Waals surface area contributed by atoms with Crippen molar-refractivity contribution in [3.05, 3.63) is 48.4 Å². The number of aromatic nitrogens is 2. The summed E-state index contributed by atoms with van der Waals surface area (Å²) < 4.78 is 10.9. The van der Waals surface area contributed by atoms with Crippen LogP contribution in [0.4, 0.5) is 4.79 Å². The smallest absolute Gasteiger partial charge is 0.410 e. The molecule has 1 aliphatic rings. The number of hydrogen-bond acceptors (Lipinski definition) is 5. The Morgan fingerprint density at radius 1 is 1.19 bits per heavy atom. The minimum atomic E-state index is -0.493. The average molecular weight is 367 g/mol. The van der Waals surface area contributed by atoms with Crippen molar-refractivity contribution in [3.63, 3.8) is 0 Å². The Morgan fingerprint density at radius 3 is 2.63 bits per heavy atom. The lowest BCUT2D eigenvalue weighted by Crippen LogP contribution is -2.39. The number of methoxy groups -OCH3 is 1. The van der Waals surface area contributed by atoms with Gasteiger partial charge in [0.2, 0.25) is 0 Å². The van der Waals surface area contributed by atoms with Crippen LogP contribution in [0.1, 0.15) is 33.0 Å². The van der Waals surface area contributed by atoms with Crippen molar-refractivity contribution in [2.75, 3.05) is 20.2 Å². The number of para-hydroxylation sites is 1. The van der Waals surface area contributed by atoms with Gasteiger partial charge in [-0.05, 0) is 51.0 Å². The average Bonchev–Trinajstić information content (AvgIpc) is 2.67. The number of amides is 1. The first kappa shape index (κ1) is 18.9. The van der Waals surface area contributed by atoms with Crippen molar-refractivity contribution in [1.29, 1.82) is 0 Å².